The molecule has 2 rings (SSSR count). The van der Waals surface area contributed by atoms with E-state index in [1.807, 2.05) is 19.1 Å². The molecule has 0 spiro atoms. The number of hydrogen-bond donors (Lipinski definition) is 1. The van der Waals surface area contributed by atoms with Crippen molar-refractivity contribution in [3.63, 3.8) is 0 Å². The Morgan fingerprint density at radius 2 is 1.80 bits per heavy atom. The number of rotatable bonds is 3. The number of benzene rings is 2. The maximum absolute atomic E-state index is 10.6. The lowest BCUT2D eigenvalue weighted by Gasteiger charge is -2.18. The van der Waals surface area contributed by atoms with Crippen LogP contribution in [0.15, 0.2) is 39.3 Å². The molecule has 0 radical (unpaired) electrons. The summed E-state index contributed by atoms with van der Waals surface area (Å²) in [4.78, 5) is 0. The van der Waals surface area contributed by atoms with Crippen LogP contribution in [0.25, 0.3) is 0 Å². The van der Waals surface area contributed by atoms with E-state index < -0.39 is 6.10 Å². The molecule has 5 heteroatoms. The SMILES string of the molecule is COc1cc(C)c(Br)cc1C(O)c1ccc(Cl)cc1Br. The third kappa shape index (κ3) is 3.19. The van der Waals surface area contributed by atoms with E-state index in [9.17, 15) is 5.11 Å². The standard InChI is InChI=1S/C15H13Br2ClO2/c1-8-5-14(20-2)11(7-12(8)16)15(19)10-4-3-9(18)6-13(10)17/h3-7,15,19H,1-2H3. The van der Waals surface area contributed by atoms with E-state index in [-0.39, 0.29) is 0 Å². The Kier molecular flexibility index (Phi) is 5.13. The fraction of sp³-hybridized carbons (Fsp3) is 0.200. The average molecular weight is 421 g/mol. The fourth-order valence-electron chi connectivity index (χ4n) is 1.95. The molecule has 2 nitrogen and oxygen atoms in total. The van der Waals surface area contributed by atoms with Gasteiger partial charge in [0.25, 0.3) is 0 Å². The van der Waals surface area contributed by atoms with Crippen LogP contribution in [0.1, 0.15) is 22.8 Å². The summed E-state index contributed by atoms with van der Waals surface area (Å²) in [5.41, 5.74) is 2.49. The van der Waals surface area contributed by atoms with Crippen LogP contribution in [-0.2, 0) is 0 Å². The Hall–Kier alpha value is -0.550. The number of halogens is 3. The third-order valence-electron chi connectivity index (χ3n) is 3.06. The Labute approximate surface area is 140 Å². The summed E-state index contributed by atoms with van der Waals surface area (Å²) in [6.07, 6.45) is -0.798. The Bertz CT molecular complexity index is 644. The van der Waals surface area contributed by atoms with Gasteiger partial charge in [0.2, 0.25) is 0 Å². The Morgan fingerprint density at radius 1 is 1.10 bits per heavy atom. The first-order valence-electron chi connectivity index (χ1n) is 5.91. The zero-order valence-corrected chi connectivity index (χ0v) is 14.9. The molecule has 2 aromatic carbocycles. The molecule has 0 saturated heterocycles. The minimum atomic E-state index is -0.798. The van der Waals surface area contributed by atoms with Crippen molar-refractivity contribution in [2.24, 2.45) is 0 Å². The monoisotopic (exact) mass is 418 g/mol. The van der Waals surface area contributed by atoms with Gasteiger partial charge in [-0.1, -0.05) is 49.5 Å². The van der Waals surface area contributed by atoms with Crippen LogP contribution in [0.3, 0.4) is 0 Å². The molecule has 0 aromatic heterocycles. The highest BCUT2D eigenvalue weighted by atomic mass is 79.9. The summed E-state index contributed by atoms with van der Waals surface area (Å²) in [7, 11) is 1.59. The molecule has 20 heavy (non-hydrogen) atoms. The van der Waals surface area contributed by atoms with Crippen LogP contribution >= 0.6 is 43.5 Å². The lowest BCUT2D eigenvalue weighted by molar-refractivity contribution is 0.214. The van der Waals surface area contributed by atoms with E-state index in [0.29, 0.717) is 16.3 Å². The predicted octanol–water partition coefficient (Wildman–Crippen LogP) is 5.26. The highest BCUT2D eigenvalue weighted by molar-refractivity contribution is 9.10. The highest BCUT2D eigenvalue weighted by Gasteiger charge is 2.19. The number of ether oxygens (including phenoxy) is 1. The first-order chi connectivity index (χ1) is 9.43. The topological polar surface area (TPSA) is 29.5 Å². The van der Waals surface area contributed by atoms with E-state index in [1.54, 1.807) is 25.3 Å². The smallest absolute Gasteiger partial charge is 0.125 e. The molecule has 0 heterocycles. The highest BCUT2D eigenvalue weighted by Crippen LogP contribution is 2.37. The molecule has 1 unspecified atom stereocenters. The van der Waals surface area contributed by atoms with Gasteiger partial charge in [0.05, 0.1) is 7.11 Å². The van der Waals surface area contributed by atoms with Crippen molar-refractivity contribution >= 4 is 43.5 Å². The molecule has 0 saturated carbocycles. The maximum atomic E-state index is 10.6. The van der Waals surface area contributed by atoms with Gasteiger partial charge in [-0.3, -0.25) is 0 Å². The van der Waals surface area contributed by atoms with E-state index >= 15 is 0 Å². The van der Waals surface area contributed by atoms with Crippen LogP contribution < -0.4 is 4.74 Å². The second kappa shape index (κ2) is 6.48. The number of methoxy groups -OCH3 is 1. The fourth-order valence-corrected chi connectivity index (χ4v) is 3.21. The molecule has 106 valence electrons. The van der Waals surface area contributed by atoms with Crippen molar-refractivity contribution in [2.75, 3.05) is 7.11 Å². The lowest BCUT2D eigenvalue weighted by Crippen LogP contribution is -2.04. The zero-order valence-electron chi connectivity index (χ0n) is 11.0. The summed E-state index contributed by atoms with van der Waals surface area (Å²) in [5.74, 6) is 0.653. The number of hydrogen-bond acceptors (Lipinski definition) is 2. The summed E-state index contributed by atoms with van der Waals surface area (Å²) < 4.78 is 7.05. The first kappa shape index (κ1) is 15.8. The Morgan fingerprint density at radius 3 is 2.40 bits per heavy atom. The zero-order chi connectivity index (χ0) is 14.9. The molecule has 1 N–H and O–H groups in total. The van der Waals surface area contributed by atoms with E-state index in [0.717, 1.165) is 20.1 Å². The van der Waals surface area contributed by atoms with Crippen LogP contribution in [0.2, 0.25) is 5.02 Å². The van der Waals surface area contributed by atoms with Gasteiger partial charge in [-0.2, -0.15) is 0 Å². The normalized spacial score (nSPS) is 12.3. The number of aryl methyl sites for hydroxylation is 1. The molecule has 0 amide bonds. The van der Waals surface area contributed by atoms with Gasteiger partial charge in [0.1, 0.15) is 11.9 Å². The van der Waals surface area contributed by atoms with Crippen LogP contribution in [-0.4, -0.2) is 12.2 Å². The van der Waals surface area contributed by atoms with Gasteiger partial charge in [-0.15, -0.1) is 0 Å². The molecular formula is C15H13Br2ClO2. The molecule has 0 aliphatic rings. The summed E-state index contributed by atoms with van der Waals surface area (Å²) >= 11 is 12.8. The molecule has 0 bridgehead atoms. The molecule has 0 fully saturated rings. The molecule has 1 atom stereocenters. The van der Waals surface area contributed by atoms with E-state index in [4.69, 9.17) is 16.3 Å². The van der Waals surface area contributed by atoms with Crippen LogP contribution in [0.5, 0.6) is 5.75 Å². The average Bonchev–Trinajstić information content (AvgIpc) is 2.40. The summed E-state index contributed by atoms with van der Waals surface area (Å²) in [6.45, 7) is 1.97. The second-order valence-electron chi connectivity index (χ2n) is 4.41. The minimum Gasteiger partial charge on any atom is -0.496 e. The summed E-state index contributed by atoms with van der Waals surface area (Å²) in [5, 5.41) is 11.2. The molecule has 2 aromatic rings. The van der Waals surface area contributed by atoms with Crippen molar-refractivity contribution in [1.82, 2.24) is 0 Å². The minimum absolute atomic E-state index is 0.616. The first-order valence-corrected chi connectivity index (χ1v) is 7.87. The van der Waals surface area contributed by atoms with Gasteiger partial charge in [0, 0.05) is 19.5 Å². The third-order valence-corrected chi connectivity index (χ3v) is 4.84. The van der Waals surface area contributed by atoms with Gasteiger partial charge >= 0.3 is 0 Å². The van der Waals surface area contributed by atoms with Gasteiger partial charge in [-0.25, -0.2) is 0 Å². The van der Waals surface area contributed by atoms with Crippen LogP contribution in [0.4, 0.5) is 0 Å². The molecular weight excluding hydrogens is 407 g/mol. The van der Waals surface area contributed by atoms with Gasteiger partial charge in [-0.05, 0) is 42.3 Å². The van der Waals surface area contributed by atoms with Crippen molar-refractivity contribution in [3.8, 4) is 5.75 Å². The van der Waals surface area contributed by atoms with Crippen LogP contribution in [0, 0.1) is 6.92 Å². The van der Waals surface area contributed by atoms with Crippen molar-refractivity contribution in [1.29, 1.82) is 0 Å². The predicted molar refractivity (Wildman–Crippen MR) is 88.6 cm³/mol. The quantitative estimate of drug-likeness (QED) is 0.734. The Balaban J connectivity index is 2.52. The number of aliphatic hydroxyl groups excluding tert-OH is 1. The van der Waals surface area contributed by atoms with Gasteiger partial charge in [0.15, 0.2) is 0 Å². The summed E-state index contributed by atoms with van der Waals surface area (Å²) in [6, 6.07) is 9.08. The van der Waals surface area contributed by atoms with E-state index in [1.165, 1.54) is 0 Å². The largest absolute Gasteiger partial charge is 0.496 e. The molecule has 0 aliphatic heterocycles. The lowest BCUT2D eigenvalue weighted by atomic mass is 9.99. The maximum Gasteiger partial charge on any atom is 0.125 e. The van der Waals surface area contributed by atoms with Crippen molar-refractivity contribution < 1.29 is 9.84 Å². The van der Waals surface area contributed by atoms with Gasteiger partial charge < -0.3 is 9.84 Å². The van der Waals surface area contributed by atoms with Crippen molar-refractivity contribution in [3.05, 3.63) is 61.0 Å². The van der Waals surface area contributed by atoms with Crippen molar-refractivity contribution in [2.45, 2.75) is 13.0 Å². The molecule has 0 aliphatic carbocycles. The second-order valence-corrected chi connectivity index (χ2v) is 6.56. The number of aliphatic hydroxyl groups is 1. The van der Waals surface area contributed by atoms with E-state index in [2.05, 4.69) is 31.9 Å².